The monoisotopic (exact) mass is 410 g/mol. The number of nitrogens with zero attached hydrogens (tertiary/aromatic N) is 1. The Morgan fingerprint density at radius 3 is 2.40 bits per heavy atom. The first-order chi connectivity index (χ1) is 14.6. The summed E-state index contributed by atoms with van der Waals surface area (Å²) in [5, 5.41) is 8.45. The minimum absolute atomic E-state index is 0.0772. The van der Waals surface area contributed by atoms with E-state index in [-0.39, 0.29) is 24.5 Å². The zero-order valence-electron chi connectivity index (χ0n) is 17.4. The molecule has 1 aliphatic rings. The number of nitrogens with one attached hydrogen (secondary N) is 3. The average molecular weight is 411 g/mol. The van der Waals surface area contributed by atoms with Gasteiger partial charge >= 0.3 is 6.03 Å². The zero-order chi connectivity index (χ0) is 21.2. The van der Waals surface area contributed by atoms with Crippen molar-refractivity contribution in [1.82, 2.24) is 20.9 Å². The Labute approximate surface area is 177 Å². The lowest BCUT2D eigenvalue weighted by Crippen LogP contribution is -2.46. The molecule has 0 spiro atoms. The van der Waals surface area contributed by atoms with Gasteiger partial charge in [0.15, 0.2) is 0 Å². The average Bonchev–Trinajstić information content (AvgIpc) is 2.78. The van der Waals surface area contributed by atoms with Crippen molar-refractivity contribution in [1.29, 1.82) is 0 Å². The summed E-state index contributed by atoms with van der Waals surface area (Å²) in [7, 11) is 0. The van der Waals surface area contributed by atoms with Gasteiger partial charge in [-0.25, -0.2) is 4.79 Å². The first-order valence-corrected chi connectivity index (χ1v) is 10.3. The first-order valence-electron chi connectivity index (χ1n) is 10.3. The normalized spacial score (nSPS) is 15.2. The van der Waals surface area contributed by atoms with Gasteiger partial charge in [-0.15, -0.1) is 0 Å². The number of hydrogen-bond donors (Lipinski definition) is 3. The Bertz CT molecular complexity index is 805. The van der Waals surface area contributed by atoms with Crippen molar-refractivity contribution in [3.8, 4) is 0 Å². The van der Waals surface area contributed by atoms with E-state index in [1.165, 1.54) is 5.56 Å². The third kappa shape index (κ3) is 7.17. The predicted molar refractivity (Wildman–Crippen MR) is 116 cm³/mol. The van der Waals surface area contributed by atoms with E-state index in [4.69, 9.17) is 4.74 Å². The smallest absolute Gasteiger partial charge is 0.315 e. The second-order valence-electron chi connectivity index (χ2n) is 7.47. The maximum atomic E-state index is 12.5. The van der Waals surface area contributed by atoms with Gasteiger partial charge < -0.3 is 20.7 Å². The maximum absolute atomic E-state index is 12.5. The number of urea groups is 1. The van der Waals surface area contributed by atoms with Crippen LogP contribution < -0.4 is 16.0 Å². The fourth-order valence-corrected chi connectivity index (χ4v) is 3.32. The molecule has 0 saturated carbocycles. The lowest BCUT2D eigenvalue weighted by molar-refractivity contribution is -0.121. The summed E-state index contributed by atoms with van der Waals surface area (Å²) in [4.78, 5) is 26.8. The zero-order valence-corrected chi connectivity index (χ0v) is 17.4. The Balaban J connectivity index is 1.47. The lowest BCUT2D eigenvalue weighted by atomic mass is 10.1. The molecule has 1 saturated heterocycles. The number of benzene rings is 2. The van der Waals surface area contributed by atoms with Gasteiger partial charge in [-0.2, -0.15) is 0 Å². The van der Waals surface area contributed by atoms with E-state index in [1.807, 2.05) is 61.5 Å². The Morgan fingerprint density at radius 2 is 1.70 bits per heavy atom. The molecule has 3 rings (SSSR count). The number of morpholine rings is 1. The largest absolute Gasteiger partial charge is 0.379 e. The number of aryl methyl sites for hydroxylation is 1. The molecule has 0 aliphatic carbocycles. The van der Waals surface area contributed by atoms with Crippen molar-refractivity contribution in [2.75, 3.05) is 39.4 Å². The molecule has 2 aromatic rings. The van der Waals surface area contributed by atoms with Gasteiger partial charge in [-0.3, -0.25) is 9.69 Å². The fraction of sp³-hybridized carbons (Fsp3) is 0.391. The highest BCUT2D eigenvalue weighted by Gasteiger charge is 2.20. The standard InChI is InChI=1S/C23H30N4O3/c1-18-7-9-19(10-8-18)15-24-23(29)25-16-22(28)26-21(20-5-3-2-4-6-20)17-27-11-13-30-14-12-27/h2-10,21H,11-17H2,1H3,(H,26,28)(H2,24,25,29)/t21-/m0/s1. The van der Waals surface area contributed by atoms with E-state index >= 15 is 0 Å². The molecule has 1 atom stereocenters. The highest BCUT2D eigenvalue weighted by atomic mass is 16.5. The van der Waals surface area contributed by atoms with Crippen LogP contribution in [-0.2, 0) is 16.1 Å². The molecule has 160 valence electrons. The van der Waals surface area contributed by atoms with Crippen LogP contribution in [0.15, 0.2) is 54.6 Å². The highest BCUT2D eigenvalue weighted by molar-refractivity contribution is 5.84. The lowest BCUT2D eigenvalue weighted by Gasteiger charge is -2.31. The topological polar surface area (TPSA) is 82.7 Å². The van der Waals surface area contributed by atoms with E-state index in [0.717, 1.165) is 24.2 Å². The van der Waals surface area contributed by atoms with Crippen molar-refractivity contribution >= 4 is 11.9 Å². The second-order valence-corrected chi connectivity index (χ2v) is 7.47. The van der Waals surface area contributed by atoms with Gasteiger partial charge in [-0.1, -0.05) is 60.2 Å². The predicted octanol–water partition coefficient (Wildman–Crippen LogP) is 1.98. The Morgan fingerprint density at radius 1 is 1.00 bits per heavy atom. The number of ether oxygens (including phenoxy) is 1. The van der Waals surface area contributed by atoms with Crippen LogP contribution >= 0.6 is 0 Å². The summed E-state index contributed by atoms with van der Waals surface area (Å²) in [6, 6.07) is 17.3. The van der Waals surface area contributed by atoms with Crippen LogP contribution in [0.1, 0.15) is 22.7 Å². The van der Waals surface area contributed by atoms with Crippen molar-refractivity contribution in [2.45, 2.75) is 19.5 Å². The van der Waals surface area contributed by atoms with Crippen LogP contribution in [-0.4, -0.2) is 56.2 Å². The molecule has 0 bridgehead atoms. The van der Waals surface area contributed by atoms with E-state index in [0.29, 0.717) is 26.3 Å². The summed E-state index contributed by atoms with van der Waals surface area (Å²) < 4.78 is 5.41. The van der Waals surface area contributed by atoms with Crippen LogP contribution in [0.4, 0.5) is 4.79 Å². The van der Waals surface area contributed by atoms with E-state index < -0.39 is 0 Å². The Kier molecular flexibility index (Phi) is 8.23. The van der Waals surface area contributed by atoms with Crippen LogP contribution in [0.2, 0.25) is 0 Å². The van der Waals surface area contributed by atoms with E-state index in [9.17, 15) is 9.59 Å². The SMILES string of the molecule is Cc1ccc(CNC(=O)NCC(=O)N[C@@H](CN2CCOCC2)c2ccccc2)cc1. The molecule has 3 amide bonds. The van der Waals surface area contributed by atoms with Gasteiger partial charge in [0.1, 0.15) is 0 Å². The summed E-state index contributed by atoms with van der Waals surface area (Å²) >= 11 is 0. The van der Waals surface area contributed by atoms with Crippen molar-refractivity contribution in [3.05, 3.63) is 71.3 Å². The van der Waals surface area contributed by atoms with Crippen LogP contribution in [0.3, 0.4) is 0 Å². The molecule has 1 heterocycles. The minimum Gasteiger partial charge on any atom is -0.379 e. The molecular weight excluding hydrogens is 380 g/mol. The van der Waals surface area contributed by atoms with E-state index in [1.54, 1.807) is 0 Å². The quantitative estimate of drug-likeness (QED) is 0.622. The second kappa shape index (κ2) is 11.3. The molecule has 2 aromatic carbocycles. The van der Waals surface area contributed by atoms with Gasteiger partial charge in [-0.05, 0) is 18.1 Å². The van der Waals surface area contributed by atoms with Crippen LogP contribution in [0.5, 0.6) is 0 Å². The third-order valence-corrected chi connectivity index (χ3v) is 5.06. The number of carbonyl (C=O) groups excluding carboxylic acids is 2. The summed E-state index contributed by atoms with van der Waals surface area (Å²) in [5.41, 5.74) is 3.22. The summed E-state index contributed by atoms with van der Waals surface area (Å²) in [6.45, 7) is 6.17. The molecule has 0 radical (unpaired) electrons. The maximum Gasteiger partial charge on any atom is 0.315 e. The fourth-order valence-electron chi connectivity index (χ4n) is 3.32. The molecule has 1 fully saturated rings. The van der Waals surface area contributed by atoms with Crippen LogP contribution in [0.25, 0.3) is 0 Å². The Hall–Kier alpha value is -2.90. The van der Waals surface area contributed by atoms with Gasteiger partial charge in [0.2, 0.25) is 5.91 Å². The van der Waals surface area contributed by atoms with Crippen molar-refractivity contribution in [2.24, 2.45) is 0 Å². The molecule has 0 aromatic heterocycles. The molecule has 30 heavy (non-hydrogen) atoms. The molecule has 7 nitrogen and oxygen atoms in total. The molecular formula is C23H30N4O3. The summed E-state index contributed by atoms with van der Waals surface area (Å²) in [6.07, 6.45) is 0. The molecule has 0 unspecified atom stereocenters. The minimum atomic E-state index is -0.366. The molecule has 1 aliphatic heterocycles. The number of rotatable bonds is 8. The molecule has 3 N–H and O–H groups in total. The van der Waals surface area contributed by atoms with Crippen LogP contribution in [0, 0.1) is 6.92 Å². The number of amides is 3. The van der Waals surface area contributed by atoms with Gasteiger partial charge in [0, 0.05) is 26.2 Å². The number of carbonyl (C=O) groups is 2. The van der Waals surface area contributed by atoms with Gasteiger partial charge in [0.05, 0.1) is 25.8 Å². The molecule has 7 heteroatoms. The van der Waals surface area contributed by atoms with E-state index in [2.05, 4.69) is 20.9 Å². The third-order valence-electron chi connectivity index (χ3n) is 5.06. The first kappa shape index (κ1) is 21.8. The number of hydrogen-bond acceptors (Lipinski definition) is 4. The van der Waals surface area contributed by atoms with Gasteiger partial charge in [0.25, 0.3) is 0 Å². The summed E-state index contributed by atoms with van der Waals surface area (Å²) in [5.74, 6) is -0.220. The van der Waals surface area contributed by atoms with Crippen molar-refractivity contribution < 1.29 is 14.3 Å². The van der Waals surface area contributed by atoms with Crippen molar-refractivity contribution in [3.63, 3.8) is 0 Å². The highest BCUT2D eigenvalue weighted by Crippen LogP contribution is 2.15.